The Morgan fingerprint density at radius 3 is 2.44 bits per heavy atom. The minimum atomic E-state index is -0.288. The molecular formula is C12H15ClO3. The summed E-state index contributed by atoms with van der Waals surface area (Å²) < 4.78 is 9.92. The van der Waals surface area contributed by atoms with E-state index in [4.69, 9.17) is 16.3 Å². The first-order chi connectivity index (χ1) is 7.62. The standard InChI is InChI=1S/C12H15ClO3/c1-8-4-9(6-11(14)15-2)12(16-3)10(5-8)7-13/h4-5H,6-7H2,1-3H3. The van der Waals surface area contributed by atoms with Crippen molar-refractivity contribution in [3.05, 3.63) is 28.8 Å². The molecule has 0 spiro atoms. The van der Waals surface area contributed by atoms with Crippen LogP contribution in [-0.2, 0) is 21.8 Å². The van der Waals surface area contributed by atoms with E-state index in [2.05, 4.69) is 4.74 Å². The monoisotopic (exact) mass is 242 g/mol. The van der Waals surface area contributed by atoms with Crippen molar-refractivity contribution in [2.24, 2.45) is 0 Å². The number of alkyl halides is 1. The molecule has 0 saturated heterocycles. The molecule has 0 bridgehead atoms. The van der Waals surface area contributed by atoms with Crippen LogP contribution < -0.4 is 4.74 Å². The first-order valence-corrected chi connectivity index (χ1v) is 5.45. The normalized spacial score (nSPS) is 10.0. The van der Waals surface area contributed by atoms with Crippen LogP contribution in [0.25, 0.3) is 0 Å². The van der Waals surface area contributed by atoms with Crippen LogP contribution in [0.5, 0.6) is 5.75 Å². The largest absolute Gasteiger partial charge is 0.496 e. The van der Waals surface area contributed by atoms with E-state index >= 15 is 0 Å². The summed E-state index contributed by atoms with van der Waals surface area (Å²) in [6, 6.07) is 3.86. The number of rotatable bonds is 4. The van der Waals surface area contributed by atoms with Crippen molar-refractivity contribution in [1.82, 2.24) is 0 Å². The highest BCUT2D eigenvalue weighted by molar-refractivity contribution is 6.17. The zero-order valence-corrected chi connectivity index (χ0v) is 10.4. The van der Waals surface area contributed by atoms with E-state index in [1.807, 2.05) is 19.1 Å². The molecule has 0 aliphatic heterocycles. The number of carbonyl (C=O) groups excluding carboxylic acids is 1. The summed E-state index contributed by atoms with van der Waals surface area (Å²) in [5.41, 5.74) is 2.75. The second-order valence-electron chi connectivity index (χ2n) is 3.50. The number of aryl methyl sites for hydroxylation is 1. The lowest BCUT2D eigenvalue weighted by atomic mass is 10.0. The van der Waals surface area contributed by atoms with Gasteiger partial charge in [-0.05, 0) is 6.92 Å². The number of benzene rings is 1. The van der Waals surface area contributed by atoms with Gasteiger partial charge in [0, 0.05) is 11.1 Å². The first kappa shape index (κ1) is 12.8. The second-order valence-corrected chi connectivity index (χ2v) is 3.77. The summed E-state index contributed by atoms with van der Waals surface area (Å²) in [5.74, 6) is 0.745. The lowest BCUT2D eigenvalue weighted by molar-refractivity contribution is -0.139. The van der Waals surface area contributed by atoms with Crippen molar-refractivity contribution >= 4 is 17.6 Å². The van der Waals surface area contributed by atoms with Gasteiger partial charge in [-0.25, -0.2) is 0 Å². The predicted molar refractivity (Wildman–Crippen MR) is 63.0 cm³/mol. The molecule has 0 aliphatic rings. The summed E-state index contributed by atoms with van der Waals surface area (Å²) in [7, 11) is 2.94. The Morgan fingerprint density at radius 1 is 1.31 bits per heavy atom. The average molecular weight is 243 g/mol. The van der Waals surface area contributed by atoms with Crippen LogP contribution in [0.15, 0.2) is 12.1 Å². The van der Waals surface area contributed by atoms with Crippen molar-refractivity contribution in [2.45, 2.75) is 19.2 Å². The summed E-state index contributed by atoms with van der Waals surface area (Å²) in [6.07, 6.45) is 0.200. The van der Waals surface area contributed by atoms with E-state index in [0.29, 0.717) is 11.6 Å². The summed E-state index contributed by atoms with van der Waals surface area (Å²) in [6.45, 7) is 1.95. The van der Waals surface area contributed by atoms with Crippen LogP contribution in [0.2, 0.25) is 0 Å². The summed E-state index contributed by atoms with van der Waals surface area (Å²) in [4.78, 5) is 11.2. The van der Waals surface area contributed by atoms with Crippen LogP contribution in [-0.4, -0.2) is 20.2 Å². The van der Waals surface area contributed by atoms with Crippen LogP contribution in [0.1, 0.15) is 16.7 Å². The summed E-state index contributed by atoms with van der Waals surface area (Å²) >= 11 is 5.83. The highest BCUT2D eigenvalue weighted by Crippen LogP contribution is 2.27. The quantitative estimate of drug-likeness (QED) is 0.601. The van der Waals surface area contributed by atoms with Crippen molar-refractivity contribution in [1.29, 1.82) is 0 Å². The molecule has 3 nitrogen and oxygen atoms in total. The molecular weight excluding hydrogens is 228 g/mol. The molecule has 0 heterocycles. The molecule has 0 N–H and O–H groups in total. The Morgan fingerprint density at radius 2 is 1.94 bits per heavy atom. The van der Waals surface area contributed by atoms with E-state index in [9.17, 15) is 4.79 Å². The van der Waals surface area contributed by atoms with E-state index in [1.165, 1.54) is 7.11 Å². The zero-order chi connectivity index (χ0) is 12.1. The van der Waals surface area contributed by atoms with Gasteiger partial charge in [0.05, 0.1) is 26.5 Å². The molecule has 1 aromatic rings. The van der Waals surface area contributed by atoms with Crippen LogP contribution in [0.4, 0.5) is 0 Å². The minimum Gasteiger partial charge on any atom is -0.496 e. The van der Waals surface area contributed by atoms with Gasteiger partial charge in [-0.15, -0.1) is 11.6 Å². The third kappa shape index (κ3) is 2.89. The smallest absolute Gasteiger partial charge is 0.310 e. The van der Waals surface area contributed by atoms with E-state index in [0.717, 1.165) is 16.7 Å². The molecule has 0 radical (unpaired) electrons. The maximum atomic E-state index is 11.2. The third-order valence-corrected chi connectivity index (χ3v) is 2.59. The maximum Gasteiger partial charge on any atom is 0.310 e. The van der Waals surface area contributed by atoms with Gasteiger partial charge in [0.25, 0.3) is 0 Å². The molecule has 1 aromatic carbocycles. The van der Waals surface area contributed by atoms with Gasteiger partial charge >= 0.3 is 5.97 Å². The van der Waals surface area contributed by atoms with Gasteiger partial charge in [-0.3, -0.25) is 4.79 Å². The SMILES string of the molecule is COC(=O)Cc1cc(C)cc(CCl)c1OC. The predicted octanol–water partition coefficient (Wildman–Crippen LogP) is 2.46. The Bertz CT molecular complexity index is 388. The molecule has 4 heteroatoms. The molecule has 0 atom stereocenters. The van der Waals surface area contributed by atoms with Gasteiger partial charge in [-0.2, -0.15) is 0 Å². The zero-order valence-electron chi connectivity index (χ0n) is 9.67. The Labute approximate surface area is 100 Å². The van der Waals surface area contributed by atoms with Crippen LogP contribution in [0.3, 0.4) is 0 Å². The Balaban J connectivity index is 3.14. The number of carbonyl (C=O) groups is 1. The van der Waals surface area contributed by atoms with Crippen LogP contribution in [0, 0.1) is 6.92 Å². The molecule has 88 valence electrons. The molecule has 16 heavy (non-hydrogen) atoms. The number of methoxy groups -OCH3 is 2. The number of halogens is 1. The number of ether oxygens (including phenoxy) is 2. The van der Waals surface area contributed by atoms with Crippen LogP contribution >= 0.6 is 11.6 Å². The number of hydrogen-bond donors (Lipinski definition) is 0. The fourth-order valence-electron chi connectivity index (χ4n) is 1.65. The average Bonchev–Trinajstić information content (AvgIpc) is 2.28. The van der Waals surface area contributed by atoms with Crippen molar-refractivity contribution in [2.75, 3.05) is 14.2 Å². The summed E-state index contributed by atoms with van der Waals surface area (Å²) in [5, 5.41) is 0. The topological polar surface area (TPSA) is 35.5 Å². The number of esters is 1. The lowest BCUT2D eigenvalue weighted by Crippen LogP contribution is -2.07. The van der Waals surface area contributed by atoms with Gasteiger partial charge in [-0.1, -0.05) is 17.7 Å². The molecule has 0 unspecified atom stereocenters. The van der Waals surface area contributed by atoms with Gasteiger partial charge < -0.3 is 9.47 Å². The highest BCUT2D eigenvalue weighted by Gasteiger charge is 2.13. The van der Waals surface area contributed by atoms with Crippen molar-refractivity contribution < 1.29 is 14.3 Å². The second kappa shape index (κ2) is 5.75. The highest BCUT2D eigenvalue weighted by atomic mass is 35.5. The van der Waals surface area contributed by atoms with E-state index < -0.39 is 0 Å². The van der Waals surface area contributed by atoms with Gasteiger partial charge in [0.2, 0.25) is 0 Å². The van der Waals surface area contributed by atoms with Crippen molar-refractivity contribution in [3.8, 4) is 5.75 Å². The van der Waals surface area contributed by atoms with Crippen molar-refractivity contribution in [3.63, 3.8) is 0 Å². The molecule has 0 aromatic heterocycles. The molecule has 0 fully saturated rings. The van der Waals surface area contributed by atoms with Gasteiger partial charge in [0.1, 0.15) is 5.75 Å². The lowest BCUT2D eigenvalue weighted by Gasteiger charge is -2.12. The fraction of sp³-hybridized carbons (Fsp3) is 0.417. The molecule has 0 amide bonds. The van der Waals surface area contributed by atoms with E-state index in [1.54, 1.807) is 7.11 Å². The Hall–Kier alpha value is -1.22. The first-order valence-electron chi connectivity index (χ1n) is 4.91. The minimum absolute atomic E-state index is 0.200. The fourth-order valence-corrected chi connectivity index (χ4v) is 1.85. The maximum absolute atomic E-state index is 11.2. The molecule has 0 saturated carbocycles. The molecule has 0 aliphatic carbocycles. The third-order valence-electron chi connectivity index (χ3n) is 2.30. The Kier molecular flexibility index (Phi) is 4.62. The van der Waals surface area contributed by atoms with Gasteiger partial charge in [0.15, 0.2) is 0 Å². The number of hydrogen-bond acceptors (Lipinski definition) is 3. The van der Waals surface area contributed by atoms with E-state index in [-0.39, 0.29) is 12.4 Å². The molecule has 1 rings (SSSR count).